The van der Waals surface area contributed by atoms with Crippen LogP contribution < -0.4 is 10.6 Å². The predicted molar refractivity (Wildman–Crippen MR) is 114 cm³/mol. The van der Waals surface area contributed by atoms with Crippen LogP contribution in [0.25, 0.3) is 0 Å². The fourth-order valence-corrected chi connectivity index (χ4v) is 3.58. The summed E-state index contributed by atoms with van der Waals surface area (Å²) < 4.78 is 6.01. The van der Waals surface area contributed by atoms with E-state index in [0.29, 0.717) is 24.5 Å². The molecular weight excluding hydrogens is 352 g/mol. The zero-order valence-electron chi connectivity index (χ0n) is 17.6. The van der Waals surface area contributed by atoms with Gasteiger partial charge in [-0.2, -0.15) is 0 Å². The van der Waals surface area contributed by atoms with Gasteiger partial charge >= 0.3 is 0 Å². The summed E-state index contributed by atoms with van der Waals surface area (Å²) in [7, 11) is 3.51. The van der Waals surface area contributed by atoms with Crippen molar-refractivity contribution in [2.75, 3.05) is 33.8 Å². The number of guanidine groups is 1. The molecule has 0 saturated heterocycles. The molecule has 1 amide bonds. The standard InChI is InChI=1S/C22H36N4O2/c1-4-28-20(19-12-8-9-13-19)14-15-23-22(25-17-21(27)26(2)3)24-16-18-10-6-5-7-11-18/h5-7,10-11,19-20H,4,8-9,12-17H2,1-3H3,(H2,23,24,25). The first-order valence-corrected chi connectivity index (χ1v) is 10.5. The number of hydrogen-bond acceptors (Lipinski definition) is 3. The average molecular weight is 389 g/mol. The second-order valence-corrected chi connectivity index (χ2v) is 7.55. The Labute approximate surface area is 169 Å². The molecule has 0 aliphatic heterocycles. The molecule has 1 saturated carbocycles. The number of hydrogen-bond donors (Lipinski definition) is 2. The maximum Gasteiger partial charge on any atom is 0.241 e. The molecule has 1 atom stereocenters. The van der Waals surface area contributed by atoms with Crippen molar-refractivity contribution in [1.82, 2.24) is 15.5 Å². The van der Waals surface area contributed by atoms with Crippen molar-refractivity contribution in [3.05, 3.63) is 35.9 Å². The lowest BCUT2D eigenvalue weighted by Crippen LogP contribution is -2.44. The van der Waals surface area contributed by atoms with Crippen LogP contribution in [0.15, 0.2) is 35.3 Å². The van der Waals surface area contributed by atoms with Crippen LogP contribution in [0.3, 0.4) is 0 Å². The van der Waals surface area contributed by atoms with E-state index in [0.717, 1.165) is 25.1 Å². The van der Waals surface area contributed by atoms with Gasteiger partial charge in [-0.3, -0.25) is 4.79 Å². The third-order valence-corrected chi connectivity index (χ3v) is 5.20. The topological polar surface area (TPSA) is 66.0 Å². The van der Waals surface area contributed by atoms with Gasteiger partial charge in [0, 0.05) is 27.2 Å². The molecular formula is C22H36N4O2. The first kappa shape index (κ1) is 22.2. The van der Waals surface area contributed by atoms with Crippen molar-refractivity contribution in [3.63, 3.8) is 0 Å². The number of rotatable bonds is 10. The maximum absolute atomic E-state index is 11.9. The Morgan fingerprint density at radius 3 is 2.57 bits per heavy atom. The van der Waals surface area contributed by atoms with Crippen LogP contribution in [0.1, 0.15) is 44.6 Å². The SMILES string of the molecule is CCOC(CCNC(=NCc1ccccc1)NCC(=O)N(C)C)C1CCCC1. The van der Waals surface area contributed by atoms with E-state index in [1.165, 1.54) is 25.7 Å². The summed E-state index contributed by atoms with van der Waals surface area (Å²) in [5, 5.41) is 6.54. The van der Waals surface area contributed by atoms with Crippen molar-refractivity contribution in [3.8, 4) is 0 Å². The zero-order chi connectivity index (χ0) is 20.2. The fraction of sp³-hybridized carbons (Fsp3) is 0.636. The van der Waals surface area contributed by atoms with E-state index in [9.17, 15) is 4.79 Å². The number of benzene rings is 1. The number of amides is 1. The number of aliphatic imine (C=N–C) groups is 1. The highest BCUT2D eigenvalue weighted by molar-refractivity contribution is 5.86. The molecule has 1 unspecified atom stereocenters. The first-order valence-electron chi connectivity index (χ1n) is 10.5. The largest absolute Gasteiger partial charge is 0.378 e. The van der Waals surface area contributed by atoms with Gasteiger partial charge in [0.25, 0.3) is 0 Å². The summed E-state index contributed by atoms with van der Waals surface area (Å²) in [6, 6.07) is 10.1. The van der Waals surface area contributed by atoms with E-state index in [-0.39, 0.29) is 12.5 Å². The highest BCUT2D eigenvalue weighted by Crippen LogP contribution is 2.30. The van der Waals surface area contributed by atoms with Crippen LogP contribution in [0.4, 0.5) is 0 Å². The van der Waals surface area contributed by atoms with Crippen molar-refractivity contribution < 1.29 is 9.53 Å². The molecule has 1 fully saturated rings. The van der Waals surface area contributed by atoms with E-state index in [1.54, 1.807) is 19.0 Å². The molecule has 1 aliphatic rings. The van der Waals surface area contributed by atoms with Gasteiger partial charge in [0.15, 0.2) is 5.96 Å². The van der Waals surface area contributed by atoms with E-state index < -0.39 is 0 Å². The highest BCUT2D eigenvalue weighted by Gasteiger charge is 2.25. The van der Waals surface area contributed by atoms with Gasteiger partial charge in [0.1, 0.15) is 0 Å². The molecule has 1 aromatic carbocycles. The van der Waals surface area contributed by atoms with Gasteiger partial charge in [0.05, 0.1) is 19.2 Å². The number of nitrogens with one attached hydrogen (secondary N) is 2. The molecule has 0 aromatic heterocycles. The highest BCUT2D eigenvalue weighted by atomic mass is 16.5. The molecule has 0 bridgehead atoms. The average Bonchev–Trinajstić information content (AvgIpc) is 3.24. The van der Waals surface area contributed by atoms with Crippen molar-refractivity contribution in [2.24, 2.45) is 10.9 Å². The summed E-state index contributed by atoms with van der Waals surface area (Å²) in [4.78, 5) is 18.1. The zero-order valence-corrected chi connectivity index (χ0v) is 17.6. The van der Waals surface area contributed by atoms with Crippen LogP contribution in [-0.2, 0) is 16.1 Å². The molecule has 28 heavy (non-hydrogen) atoms. The van der Waals surface area contributed by atoms with Crippen LogP contribution in [0.2, 0.25) is 0 Å². The predicted octanol–water partition coefficient (Wildman–Crippen LogP) is 2.80. The van der Waals surface area contributed by atoms with E-state index in [4.69, 9.17) is 4.74 Å². The summed E-state index contributed by atoms with van der Waals surface area (Å²) in [5.74, 6) is 1.36. The lowest BCUT2D eigenvalue weighted by Gasteiger charge is -2.24. The van der Waals surface area contributed by atoms with Gasteiger partial charge < -0.3 is 20.3 Å². The van der Waals surface area contributed by atoms with Crippen LogP contribution in [0.5, 0.6) is 0 Å². The van der Waals surface area contributed by atoms with Crippen molar-refractivity contribution in [2.45, 2.75) is 51.7 Å². The minimum atomic E-state index is 0.0207. The summed E-state index contributed by atoms with van der Waals surface area (Å²) in [5.41, 5.74) is 1.14. The van der Waals surface area contributed by atoms with E-state index in [1.807, 2.05) is 18.2 Å². The fourth-order valence-electron chi connectivity index (χ4n) is 3.58. The third-order valence-electron chi connectivity index (χ3n) is 5.20. The number of ether oxygens (including phenoxy) is 1. The van der Waals surface area contributed by atoms with E-state index in [2.05, 4.69) is 34.7 Å². The van der Waals surface area contributed by atoms with Gasteiger partial charge in [-0.05, 0) is 37.7 Å². The Bertz CT molecular complexity index is 598. The second kappa shape index (κ2) is 12.4. The Kier molecular flexibility index (Phi) is 9.83. The minimum absolute atomic E-state index is 0.0207. The molecule has 0 radical (unpaired) electrons. The van der Waals surface area contributed by atoms with Crippen molar-refractivity contribution in [1.29, 1.82) is 0 Å². The number of carbonyl (C=O) groups excluding carboxylic acids is 1. The third kappa shape index (κ3) is 7.89. The van der Waals surface area contributed by atoms with Gasteiger partial charge in [-0.1, -0.05) is 43.2 Å². The number of nitrogens with zero attached hydrogens (tertiary/aromatic N) is 2. The Morgan fingerprint density at radius 2 is 1.93 bits per heavy atom. The molecule has 6 nitrogen and oxygen atoms in total. The monoisotopic (exact) mass is 388 g/mol. The quantitative estimate of drug-likeness (QED) is 0.478. The Hall–Kier alpha value is -2.08. The molecule has 2 rings (SSSR count). The summed E-state index contributed by atoms with van der Waals surface area (Å²) in [6.45, 7) is 4.40. The van der Waals surface area contributed by atoms with Gasteiger partial charge in [-0.15, -0.1) is 0 Å². The normalized spacial score (nSPS) is 16.0. The Morgan fingerprint density at radius 1 is 1.21 bits per heavy atom. The van der Waals surface area contributed by atoms with E-state index >= 15 is 0 Å². The summed E-state index contributed by atoms with van der Waals surface area (Å²) in [6.07, 6.45) is 6.44. The van der Waals surface area contributed by atoms with Crippen LogP contribution in [0, 0.1) is 5.92 Å². The lowest BCUT2D eigenvalue weighted by atomic mass is 9.98. The molecule has 0 heterocycles. The van der Waals surface area contributed by atoms with Crippen molar-refractivity contribution >= 4 is 11.9 Å². The minimum Gasteiger partial charge on any atom is -0.378 e. The summed E-state index contributed by atoms with van der Waals surface area (Å²) >= 11 is 0. The van der Waals surface area contributed by atoms with Gasteiger partial charge in [0.2, 0.25) is 5.91 Å². The smallest absolute Gasteiger partial charge is 0.241 e. The number of carbonyl (C=O) groups is 1. The van der Waals surface area contributed by atoms with Gasteiger partial charge in [-0.25, -0.2) is 4.99 Å². The molecule has 1 aliphatic carbocycles. The molecule has 2 N–H and O–H groups in total. The Balaban J connectivity index is 1.90. The molecule has 156 valence electrons. The van der Waals surface area contributed by atoms with Crippen LogP contribution >= 0.6 is 0 Å². The maximum atomic E-state index is 11.9. The first-order chi connectivity index (χ1) is 13.6. The molecule has 0 spiro atoms. The number of likely N-dealkylation sites (N-methyl/N-ethyl adjacent to an activating group) is 1. The lowest BCUT2D eigenvalue weighted by molar-refractivity contribution is -0.127. The molecule has 1 aromatic rings. The second-order valence-electron chi connectivity index (χ2n) is 7.55. The van der Waals surface area contributed by atoms with Crippen LogP contribution in [-0.4, -0.2) is 56.7 Å². The molecule has 6 heteroatoms.